The molecule has 0 amide bonds. The zero-order valence-electron chi connectivity index (χ0n) is 24.3. The van der Waals surface area contributed by atoms with Gasteiger partial charge in [0.2, 0.25) is 0 Å². The molecule has 0 aromatic carbocycles. The molecule has 0 rings (SSSR count). The van der Waals surface area contributed by atoms with Crippen molar-refractivity contribution in [3.05, 3.63) is 0 Å². The Bertz CT molecular complexity index is 457. The summed E-state index contributed by atoms with van der Waals surface area (Å²) in [5, 5.41) is 0. The molecule has 0 spiro atoms. The zero-order valence-corrected chi connectivity index (χ0v) is 24.3. The molecule has 208 valence electrons. The Hall–Kier alpha value is -1.06. The van der Waals surface area contributed by atoms with Crippen molar-refractivity contribution in [2.45, 2.75) is 163 Å². The van der Waals surface area contributed by atoms with Crippen LogP contribution < -0.4 is 0 Å². The lowest BCUT2D eigenvalue weighted by Gasteiger charge is -2.29. The Morgan fingerprint density at radius 2 is 0.800 bits per heavy atom. The van der Waals surface area contributed by atoms with Crippen LogP contribution in [0, 0.1) is 11.3 Å². The quantitative estimate of drug-likeness (QED) is 0.0985. The van der Waals surface area contributed by atoms with Gasteiger partial charge in [-0.2, -0.15) is 0 Å². The summed E-state index contributed by atoms with van der Waals surface area (Å²) in [5.41, 5.74) is -0.0872. The maximum atomic E-state index is 12.2. The van der Waals surface area contributed by atoms with Crippen LogP contribution in [0.4, 0.5) is 0 Å². The van der Waals surface area contributed by atoms with E-state index in [0.717, 1.165) is 25.7 Å². The molecule has 0 aliphatic rings. The molecule has 0 radical (unpaired) electrons. The van der Waals surface area contributed by atoms with Crippen LogP contribution in [-0.4, -0.2) is 25.2 Å². The van der Waals surface area contributed by atoms with Gasteiger partial charge in [0.1, 0.15) is 0 Å². The van der Waals surface area contributed by atoms with Gasteiger partial charge >= 0.3 is 11.9 Å². The minimum absolute atomic E-state index is 0.0154. The second kappa shape index (κ2) is 23.3. The predicted molar refractivity (Wildman–Crippen MR) is 149 cm³/mol. The number of hydrogen-bond acceptors (Lipinski definition) is 4. The minimum Gasteiger partial charge on any atom is -0.465 e. The Morgan fingerprint density at radius 1 is 0.514 bits per heavy atom. The molecule has 4 nitrogen and oxygen atoms in total. The van der Waals surface area contributed by atoms with Crippen molar-refractivity contribution in [3.63, 3.8) is 0 Å². The summed E-state index contributed by atoms with van der Waals surface area (Å²) in [4.78, 5) is 24.4. The van der Waals surface area contributed by atoms with Gasteiger partial charge in [-0.3, -0.25) is 9.59 Å². The molecule has 0 bridgehead atoms. The van der Waals surface area contributed by atoms with E-state index in [1.165, 1.54) is 89.9 Å². The Labute approximate surface area is 218 Å². The lowest BCUT2D eigenvalue weighted by molar-refractivity contribution is -0.151. The molecule has 0 heterocycles. The summed E-state index contributed by atoms with van der Waals surface area (Å²) < 4.78 is 11.1. The van der Waals surface area contributed by atoms with Crippen molar-refractivity contribution < 1.29 is 19.1 Å². The van der Waals surface area contributed by atoms with Crippen LogP contribution in [0.5, 0.6) is 0 Å². The van der Waals surface area contributed by atoms with Gasteiger partial charge in [0.25, 0.3) is 0 Å². The highest BCUT2D eigenvalue weighted by atomic mass is 16.5. The van der Waals surface area contributed by atoms with Gasteiger partial charge in [-0.15, -0.1) is 0 Å². The van der Waals surface area contributed by atoms with Gasteiger partial charge in [-0.05, 0) is 18.3 Å². The van der Waals surface area contributed by atoms with E-state index in [1.54, 1.807) is 0 Å². The molecular formula is C31H60O4. The maximum Gasteiger partial charge on any atom is 0.305 e. The lowest BCUT2D eigenvalue weighted by atomic mass is 9.82. The van der Waals surface area contributed by atoms with Gasteiger partial charge in [0, 0.05) is 18.8 Å². The van der Waals surface area contributed by atoms with Crippen LogP contribution in [0.15, 0.2) is 0 Å². The van der Waals surface area contributed by atoms with Gasteiger partial charge in [-0.25, -0.2) is 0 Å². The average molecular weight is 497 g/mol. The van der Waals surface area contributed by atoms with Crippen molar-refractivity contribution in [2.24, 2.45) is 11.3 Å². The molecular weight excluding hydrogens is 436 g/mol. The van der Waals surface area contributed by atoms with Gasteiger partial charge in [0.15, 0.2) is 0 Å². The summed E-state index contributed by atoms with van der Waals surface area (Å²) in [7, 11) is 0. The number of ether oxygens (including phenoxy) is 2. The van der Waals surface area contributed by atoms with Gasteiger partial charge < -0.3 is 9.47 Å². The van der Waals surface area contributed by atoms with E-state index in [2.05, 4.69) is 34.6 Å². The largest absolute Gasteiger partial charge is 0.465 e. The summed E-state index contributed by atoms with van der Waals surface area (Å²) >= 11 is 0. The van der Waals surface area contributed by atoms with E-state index in [-0.39, 0.29) is 23.3 Å². The summed E-state index contributed by atoms with van der Waals surface area (Å²) in [5.74, 6) is -0.229. The van der Waals surface area contributed by atoms with E-state index in [9.17, 15) is 9.59 Å². The number of rotatable bonds is 24. The molecule has 4 heteroatoms. The van der Waals surface area contributed by atoms with Crippen LogP contribution in [0.3, 0.4) is 0 Å². The smallest absolute Gasteiger partial charge is 0.305 e. The van der Waals surface area contributed by atoms with Gasteiger partial charge in [-0.1, -0.05) is 137 Å². The monoisotopic (exact) mass is 496 g/mol. The second-order valence-electron chi connectivity index (χ2n) is 11.6. The fourth-order valence-electron chi connectivity index (χ4n) is 4.24. The van der Waals surface area contributed by atoms with Crippen molar-refractivity contribution in [1.82, 2.24) is 0 Å². The van der Waals surface area contributed by atoms with E-state index in [4.69, 9.17) is 9.47 Å². The first-order valence-corrected chi connectivity index (χ1v) is 15.1. The summed E-state index contributed by atoms with van der Waals surface area (Å²) in [6.07, 6.45) is 23.2. The normalized spacial score (nSPS) is 11.7. The molecule has 35 heavy (non-hydrogen) atoms. The number of carbonyl (C=O) groups is 2. The Morgan fingerprint density at radius 3 is 1.09 bits per heavy atom. The first-order chi connectivity index (χ1) is 16.8. The van der Waals surface area contributed by atoms with Crippen molar-refractivity contribution in [1.29, 1.82) is 0 Å². The van der Waals surface area contributed by atoms with Crippen molar-refractivity contribution in [2.75, 3.05) is 13.2 Å². The molecule has 0 unspecified atom stereocenters. The van der Waals surface area contributed by atoms with E-state index in [1.807, 2.05) is 0 Å². The first kappa shape index (κ1) is 33.9. The third kappa shape index (κ3) is 23.1. The number of esters is 2. The van der Waals surface area contributed by atoms with Crippen LogP contribution >= 0.6 is 0 Å². The third-order valence-electron chi connectivity index (χ3n) is 7.08. The fraction of sp³-hybridized carbons (Fsp3) is 0.935. The molecule has 0 aliphatic heterocycles. The lowest BCUT2D eigenvalue weighted by Crippen LogP contribution is -2.31. The topological polar surface area (TPSA) is 52.6 Å². The highest BCUT2D eigenvalue weighted by Crippen LogP contribution is 2.27. The number of unbranched alkanes of at least 4 members (excludes halogenated alkanes) is 16. The molecule has 0 aromatic heterocycles. The van der Waals surface area contributed by atoms with E-state index in [0.29, 0.717) is 26.1 Å². The number of hydrogen-bond donors (Lipinski definition) is 0. The molecule has 0 aromatic rings. The average Bonchev–Trinajstić information content (AvgIpc) is 2.81. The molecule has 0 saturated heterocycles. The standard InChI is InChI=1S/C31H60O4/c1-6-8-10-12-14-16-18-20-22-24-29(32)34-26-28(31(3,4)5)27-35-30(33)25-23-21-19-17-15-13-11-9-7-2/h28H,6-27H2,1-5H3. The van der Waals surface area contributed by atoms with Gasteiger partial charge in [0.05, 0.1) is 13.2 Å². The Kier molecular flexibility index (Phi) is 22.6. The third-order valence-corrected chi connectivity index (χ3v) is 7.08. The van der Waals surface area contributed by atoms with Crippen LogP contribution in [-0.2, 0) is 19.1 Å². The highest BCUT2D eigenvalue weighted by Gasteiger charge is 2.27. The van der Waals surface area contributed by atoms with Crippen molar-refractivity contribution >= 4 is 11.9 Å². The second-order valence-corrected chi connectivity index (χ2v) is 11.6. The highest BCUT2D eigenvalue weighted by molar-refractivity contribution is 5.69. The molecule has 0 aliphatic carbocycles. The van der Waals surface area contributed by atoms with Crippen LogP contribution in [0.1, 0.15) is 163 Å². The predicted octanol–water partition coefficient (Wildman–Crippen LogP) is 9.58. The molecule has 0 atom stereocenters. The minimum atomic E-state index is -0.122. The molecule has 0 saturated carbocycles. The summed E-state index contributed by atoms with van der Waals surface area (Å²) in [6.45, 7) is 11.5. The van der Waals surface area contributed by atoms with E-state index < -0.39 is 0 Å². The molecule has 0 fully saturated rings. The van der Waals surface area contributed by atoms with Crippen molar-refractivity contribution in [3.8, 4) is 0 Å². The first-order valence-electron chi connectivity index (χ1n) is 15.1. The zero-order chi connectivity index (χ0) is 26.2. The van der Waals surface area contributed by atoms with E-state index >= 15 is 0 Å². The maximum absolute atomic E-state index is 12.2. The van der Waals surface area contributed by atoms with Crippen LogP contribution in [0.25, 0.3) is 0 Å². The van der Waals surface area contributed by atoms with Crippen LogP contribution in [0.2, 0.25) is 0 Å². The Balaban J connectivity index is 3.89. The SMILES string of the molecule is CCCCCCCCCCCC(=O)OCC(COC(=O)CCCCCCCCCCC)C(C)(C)C. The fourth-order valence-corrected chi connectivity index (χ4v) is 4.24. The number of carbonyl (C=O) groups excluding carboxylic acids is 2. The summed E-state index contributed by atoms with van der Waals surface area (Å²) in [6, 6.07) is 0. The molecule has 0 N–H and O–H groups in total.